The van der Waals surface area contributed by atoms with Crippen molar-refractivity contribution in [2.75, 3.05) is 5.73 Å². The van der Waals surface area contributed by atoms with Crippen molar-refractivity contribution in [2.24, 2.45) is 0 Å². The minimum Gasteiger partial charge on any atom is -0.455 e. The van der Waals surface area contributed by atoms with Gasteiger partial charge in [-0.1, -0.05) is 0 Å². The molecule has 6 nitrogen and oxygen atoms in total. The average molecular weight is 294 g/mol. The first kappa shape index (κ1) is 16.9. The Morgan fingerprint density at radius 3 is 1.52 bits per heavy atom. The summed E-state index contributed by atoms with van der Waals surface area (Å²) >= 11 is 0. The molecule has 0 saturated carbocycles. The second-order valence-electron chi connectivity index (χ2n) is 6.67. The van der Waals surface area contributed by atoms with Gasteiger partial charge in [-0.2, -0.15) is 0 Å². The molecule has 0 amide bonds. The number of ether oxygens (including phenoxy) is 2. The third kappa shape index (κ3) is 5.81. The summed E-state index contributed by atoms with van der Waals surface area (Å²) < 4.78 is 10.4. The molecule has 0 aliphatic carbocycles. The first-order valence-corrected chi connectivity index (χ1v) is 6.62. The topological polar surface area (TPSA) is 91.5 Å². The van der Waals surface area contributed by atoms with Gasteiger partial charge in [0.1, 0.15) is 11.2 Å². The predicted molar refractivity (Wildman–Crippen MR) is 79.0 cm³/mol. The first-order chi connectivity index (χ1) is 9.37. The molecule has 0 aliphatic heterocycles. The fourth-order valence-corrected chi connectivity index (χ4v) is 1.42. The van der Waals surface area contributed by atoms with Gasteiger partial charge in [-0.3, -0.25) is 0 Å². The van der Waals surface area contributed by atoms with E-state index in [1.807, 2.05) is 0 Å². The van der Waals surface area contributed by atoms with E-state index in [0.29, 0.717) is 0 Å². The van der Waals surface area contributed by atoms with Crippen LogP contribution in [0.5, 0.6) is 0 Å². The molecule has 0 aliphatic rings. The van der Waals surface area contributed by atoms with Gasteiger partial charge in [-0.05, 0) is 53.7 Å². The van der Waals surface area contributed by atoms with Gasteiger partial charge in [0.05, 0.1) is 0 Å². The smallest absolute Gasteiger partial charge is 0.357 e. The molecule has 0 aromatic carbocycles. The molecular weight excluding hydrogens is 272 g/mol. The van der Waals surface area contributed by atoms with Gasteiger partial charge >= 0.3 is 11.9 Å². The largest absolute Gasteiger partial charge is 0.455 e. The molecule has 0 radical (unpaired) electrons. The number of rotatable bonds is 2. The molecule has 1 aromatic heterocycles. The van der Waals surface area contributed by atoms with Gasteiger partial charge in [0.2, 0.25) is 0 Å². The van der Waals surface area contributed by atoms with Crippen molar-refractivity contribution in [3.63, 3.8) is 0 Å². The van der Waals surface area contributed by atoms with E-state index in [1.165, 1.54) is 12.1 Å². The van der Waals surface area contributed by atoms with Crippen LogP contribution in [0.4, 0.5) is 5.69 Å². The number of anilines is 1. The highest BCUT2D eigenvalue weighted by molar-refractivity contribution is 5.93. The third-order valence-electron chi connectivity index (χ3n) is 2.06. The van der Waals surface area contributed by atoms with Crippen molar-refractivity contribution in [2.45, 2.75) is 52.7 Å². The zero-order valence-corrected chi connectivity index (χ0v) is 13.3. The number of carbonyl (C=O) groups excluding carboxylic acids is 2. The molecular formula is C15H22N2O4. The summed E-state index contributed by atoms with van der Waals surface area (Å²) in [6.07, 6.45) is 0. The summed E-state index contributed by atoms with van der Waals surface area (Å²) in [6, 6.07) is 2.73. The second-order valence-corrected chi connectivity index (χ2v) is 6.67. The van der Waals surface area contributed by atoms with Gasteiger partial charge < -0.3 is 15.2 Å². The minimum absolute atomic E-state index is 0.0224. The summed E-state index contributed by atoms with van der Waals surface area (Å²) in [5.41, 5.74) is 4.59. The molecule has 1 heterocycles. The lowest BCUT2D eigenvalue weighted by atomic mass is 10.2. The summed E-state index contributed by atoms with van der Waals surface area (Å²) in [7, 11) is 0. The minimum atomic E-state index is -0.657. The van der Waals surface area contributed by atoms with Gasteiger partial charge in [0, 0.05) is 5.69 Å². The number of nitrogen functional groups attached to an aromatic ring is 1. The summed E-state index contributed by atoms with van der Waals surface area (Å²) in [6.45, 7) is 10.5. The van der Waals surface area contributed by atoms with E-state index < -0.39 is 23.1 Å². The van der Waals surface area contributed by atoms with Crippen LogP contribution in [0.2, 0.25) is 0 Å². The molecule has 0 fully saturated rings. The fraction of sp³-hybridized carbons (Fsp3) is 0.533. The molecule has 6 heteroatoms. The Morgan fingerprint density at radius 1 is 0.905 bits per heavy atom. The van der Waals surface area contributed by atoms with E-state index in [2.05, 4.69) is 4.98 Å². The van der Waals surface area contributed by atoms with Crippen LogP contribution in [0, 0.1) is 0 Å². The Hall–Kier alpha value is -2.11. The molecule has 0 saturated heterocycles. The quantitative estimate of drug-likeness (QED) is 0.843. The number of aromatic nitrogens is 1. The Balaban J connectivity index is 3.05. The second kappa shape index (κ2) is 5.71. The van der Waals surface area contributed by atoms with Gasteiger partial charge in [0.25, 0.3) is 0 Å². The van der Waals surface area contributed by atoms with Gasteiger partial charge in [0.15, 0.2) is 11.4 Å². The number of nitrogens with zero attached hydrogens (tertiary/aromatic N) is 1. The van der Waals surface area contributed by atoms with Crippen molar-refractivity contribution in [3.05, 3.63) is 23.5 Å². The zero-order chi connectivity index (χ0) is 16.4. The molecule has 0 atom stereocenters. The first-order valence-electron chi connectivity index (χ1n) is 6.62. The van der Waals surface area contributed by atoms with Crippen molar-refractivity contribution in [1.29, 1.82) is 0 Å². The van der Waals surface area contributed by atoms with Crippen LogP contribution < -0.4 is 5.73 Å². The molecule has 0 bridgehead atoms. The summed E-state index contributed by atoms with van der Waals surface area (Å²) in [4.78, 5) is 27.9. The highest BCUT2D eigenvalue weighted by Gasteiger charge is 2.23. The lowest BCUT2D eigenvalue weighted by Crippen LogP contribution is -2.27. The number of hydrogen-bond donors (Lipinski definition) is 1. The lowest BCUT2D eigenvalue weighted by Gasteiger charge is -2.20. The monoisotopic (exact) mass is 294 g/mol. The third-order valence-corrected chi connectivity index (χ3v) is 2.06. The SMILES string of the molecule is CC(C)(C)OC(=O)c1cc(N)cc(C(=O)OC(C)(C)C)n1. The molecule has 2 N–H and O–H groups in total. The summed E-state index contributed by atoms with van der Waals surface area (Å²) in [5, 5.41) is 0. The van der Waals surface area contributed by atoms with Crippen LogP contribution >= 0.6 is 0 Å². The summed E-state index contributed by atoms with van der Waals surface area (Å²) in [5.74, 6) is -1.28. The maximum Gasteiger partial charge on any atom is 0.357 e. The average Bonchev–Trinajstić information content (AvgIpc) is 2.23. The molecule has 1 aromatic rings. The Labute approximate surface area is 124 Å². The van der Waals surface area contributed by atoms with E-state index in [9.17, 15) is 9.59 Å². The van der Waals surface area contributed by atoms with Crippen molar-refractivity contribution in [3.8, 4) is 0 Å². The van der Waals surface area contributed by atoms with Gasteiger partial charge in [-0.25, -0.2) is 14.6 Å². The van der Waals surface area contributed by atoms with E-state index in [0.717, 1.165) is 0 Å². The van der Waals surface area contributed by atoms with Crippen molar-refractivity contribution in [1.82, 2.24) is 4.98 Å². The normalized spacial score (nSPS) is 11.9. The van der Waals surface area contributed by atoms with Crippen molar-refractivity contribution < 1.29 is 19.1 Å². The number of hydrogen-bond acceptors (Lipinski definition) is 6. The molecule has 0 unspecified atom stereocenters. The lowest BCUT2D eigenvalue weighted by molar-refractivity contribution is 0.00581. The van der Waals surface area contributed by atoms with Crippen molar-refractivity contribution >= 4 is 17.6 Å². The van der Waals surface area contributed by atoms with Crippen LogP contribution in [0.3, 0.4) is 0 Å². The van der Waals surface area contributed by atoms with Crippen LogP contribution in [-0.2, 0) is 9.47 Å². The number of esters is 2. The highest BCUT2D eigenvalue weighted by Crippen LogP contribution is 2.16. The van der Waals surface area contributed by atoms with Gasteiger partial charge in [-0.15, -0.1) is 0 Å². The highest BCUT2D eigenvalue weighted by atomic mass is 16.6. The number of pyridine rings is 1. The molecule has 116 valence electrons. The van der Waals surface area contributed by atoms with Crippen LogP contribution in [0.25, 0.3) is 0 Å². The number of carbonyl (C=O) groups is 2. The van der Waals surface area contributed by atoms with Crippen LogP contribution in [0.1, 0.15) is 62.5 Å². The fourth-order valence-electron chi connectivity index (χ4n) is 1.42. The standard InChI is InChI=1S/C15H22N2O4/c1-14(2,3)20-12(18)10-7-9(16)8-11(17-10)13(19)21-15(4,5)6/h7-8H,1-6H3,(H2,16,17). The van der Waals surface area contributed by atoms with E-state index >= 15 is 0 Å². The Kier molecular flexibility index (Phi) is 4.61. The Morgan fingerprint density at radius 2 is 1.24 bits per heavy atom. The predicted octanol–water partition coefficient (Wildman–Crippen LogP) is 2.57. The maximum absolute atomic E-state index is 12.0. The van der Waals surface area contributed by atoms with E-state index in [-0.39, 0.29) is 17.1 Å². The van der Waals surface area contributed by atoms with E-state index in [1.54, 1.807) is 41.5 Å². The zero-order valence-electron chi connectivity index (χ0n) is 13.3. The van der Waals surface area contributed by atoms with E-state index in [4.69, 9.17) is 15.2 Å². The Bertz CT molecular complexity index is 508. The molecule has 1 rings (SSSR count). The van der Waals surface area contributed by atoms with Crippen LogP contribution in [0.15, 0.2) is 12.1 Å². The molecule has 21 heavy (non-hydrogen) atoms. The molecule has 0 spiro atoms. The number of nitrogens with two attached hydrogens (primary N) is 1. The maximum atomic E-state index is 12.0. The van der Waals surface area contributed by atoms with Crippen LogP contribution in [-0.4, -0.2) is 28.1 Å².